The Bertz CT molecular complexity index is 733. The predicted molar refractivity (Wildman–Crippen MR) is 95.4 cm³/mol. The summed E-state index contributed by atoms with van der Waals surface area (Å²) in [5, 5.41) is 4.92. The average Bonchev–Trinajstić information content (AvgIpc) is 3.20. The van der Waals surface area contributed by atoms with Crippen molar-refractivity contribution >= 4 is 17.2 Å². The maximum atomic E-state index is 11.9. The number of nitrogens with zero attached hydrogens (tertiary/aromatic N) is 2. The maximum absolute atomic E-state index is 11.9. The van der Waals surface area contributed by atoms with Crippen molar-refractivity contribution in [1.29, 1.82) is 0 Å². The second kappa shape index (κ2) is 6.90. The summed E-state index contributed by atoms with van der Waals surface area (Å²) in [6.45, 7) is 5.81. The number of piperidine rings is 1. The van der Waals surface area contributed by atoms with E-state index in [4.69, 9.17) is 9.15 Å². The smallest absolute Gasteiger partial charge is 0.236 e. The zero-order chi connectivity index (χ0) is 17.3. The molecule has 0 radical (unpaired) electrons. The highest BCUT2D eigenvalue weighted by Crippen LogP contribution is 2.32. The van der Waals surface area contributed by atoms with Crippen LogP contribution in [0.4, 0.5) is 0 Å². The van der Waals surface area contributed by atoms with Crippen LogP contribution in [0.25, 0.3) is 10.8 Å². The van der Waals surface area contributed by atoms with Gasteiger partial charge in [-0.3, -0.25) is 9.69 Å². The molecule has 0 aromatic carbocycles. The van der Waals surface area contributed by atoms with Crippen molar-refractivity contribution < 1.29 is 13.9 Å². The lowest BCUT2D eigenvalue weighted by atomic mass is 9.87. The molecule has 2 aromatic heterocycles. The Kier molecular flexibility index (Phi) is 4.62. The van der Waals surface area contributed by atoms with Crippen molar-refractivity contribution in [3.05, 3.63) is 29.0 Å². The fourth-order valence-corrected chi connectivity index (χ4v) is 4.25. The molecule has 0 aliphatic carbocycles. The van der Waals surface area contributed by atoms with Crippen LogP contribution in [0.5, 0.6) is 0 Å². The Labute approximate surface area is 151 Å². The first-order valence-electron chi connectivity index (χ1n) is 8.77. The molecule has 2 aliphatic heterocycles. The van der Waals surface area contributed by atoms with Crippen LogP contribution in [0.15, 0.2) is 21.9 Å². The van der Waals surface area contributed by atoms with Crippen molar-refractivity contribution in [3.8, 4) is 10.8 Å². The van der Waals surface area contributed by atoms with Gasteiger partial charge < -0.3 is 14.5 Å². The molecule has 1 N–H and O–H groups in total. The van der Waals surface area contributed by atoms with Gasteiger partial charge in [0.1, 0.15) is 5.76 Å². The number of oxazole rings is 1. The van der Waals surface area contributed by atoms with Crippen molar-refractivity contribution in [1.82, 2.24) is 15.2 Å². The van der Waals surface area contributed by atoms with Crippen LogP contribution in [-0.4, -0.2) is 47.6 Å². The van der Waals surface area contributed by atoms with Crippen LogP contribution in [0.2, 0.25) is 0 Å². The van der Waals surface area contributed by atoms with Gasteiger partial charge in [-0.1, -0.05) is 6.07 Å². The van der Waals surface area contributed by atoms with Gasteiger partial charge in [0.25, 0.3) is 0 Å². The van der Waals surface area contributed by atoms with E-state index >= 15 is 0 Å². The molecule has 4 heterocycles. The molecule has 134 valence electrons. The van der Waals surface area contributed by atoms with E-state index in [1.807, 2.05) is 24.4 Å². The van der Waals surface area contributed by atoms with E-state index in [1.54, 1.807) is 11.3 Å². The summed E-state index contributed by atoms with van der Waals surface area (Å²) in [6, 6.07) is 4.03. The molecule has 0 atom stereocenters. The van der Waals surface area contributed by atoms with Gasteiger partial charge >= 0.3 is 0 Å². The van der Waals surface area contributed by atoms with Gasteiger partial charge in [-0.05, 0) is 31.2 Å². The second-order valence-electron chi connectivity index (χ2n) is 6.83. The minimum absolute atomic E-state index is 0.110. The Morgan fingerprint density at radius 2 is 2.24 bits per heavy atom. The molecule has 2 aliphatic rings. The Morgan fingerprint density at radius 3 is 3.00 bits per heavy atom. The number of thiophene rings is 1. The lowest BCUT2D eigenvalue weighted by Crippen LogP contribution is -2.46. The third-order valence-corrected chi connectivity index (χ3v) is 5.94. The standard InChI is InChI=1S/C18H23N3O3S/c1-13-14(20-17(24-13)15-3-2-10-25-15)12-21-7-4-18(5-8-21)11-16(22)19-6-9-23-18/h2-3,10H,4-9,11-12H2,1H3,(H,19,22). The number of amides is 1. The second-order valence-corrected chi connectivity index (χ2v) is 7.78. The predicted octanol–water partition coefficient (Wildman–Crippen LogP) is 2.58. The number of carbonyl (C=O) groups excluding carboxylic acids is 1. The SMILES string of the molecule is Cc1oc(-c2cccs2)nc1CN1CCC2(CC1)CC(=O)NCCO2. The molecule has 25 heavy (non-hydrogen) atoms. The van der Waals surface area contributed by atoms with Crippen molar-refractivity contribution in [2.75, 3.05) is 26.2 Å². The van der Waals surface area contributed by atoms with Crippen LogP contribution in [0, 0.1) is 6.92 Å². The molecule has 6 nitrogen and oxygen atoms in total. The number of rotatable bonds is 3. The molecule has 1 amide bonds. The summed E-state index contributed by atoms with van der Waals surface area (Å²) >= 11 is 1.64. The van der Waals surface area contributed by atoms with E-state index in [0.717, 1.165) is 48.8 Å². The summed E-state index contributed by atoms with van der Waals surface area (Å²) in [5.74, 6) is 1.70. The Morgan fingerprint density at radius 1 is 1.40 bits per heavy atom. The summed E-state index contributed by atoms with van der Waals surface area (Å²) in [5.41, 5.74) is 0.719. The van der Waals surface area contributed by atoms with Crippen LogP contribution in [-0.2, 0) is 16.1 Å². The molecule has 1 spiro atoms. The summed E-state index contributed by atoms with van der Waals surface area (Å²) in [6.07, 6.45) is 2.25. The largest absolute Gasteiger partial charge is 0.440 e. The highest BCUT2D eigenvalue weighted by Gasteiger charge is 2.39. The Hall–Kier alpha value is -1.70. The van der Waals surface area contributed by atoms with Crippen LogP contribution >= 0.6 is 11.3 Å². The molecule has 7 heteroatoms. The monoisotopic (exact) mass is 361 g/mol. The average molecular weight is 361 g/mol. The molecule has 0 bridgehead atoms. The summed E-state index contributed by atoms with van der Waals surface area (Å²) < 4.78 is 11.9. The minimum Gasteiger partial charge on any atom is -0.440 e. The van der Waals surface area contributed by atoms with Gasteiger partial charge in [0, 0.05) is 26.2 Å². The van der Waals surface area contributed by atoms with E-state index in [9.17, 15) is 4.79 Å². The van der Waals surface area contributed by atoms with Crippen LogP contribution in [0.1, 0.15) is 30.7 Å². The molecule has 4 rings (SSSR count). The van der Waals surface area contributed by atoms with E-state index in [-0.39, 0.29) is 11.5 Å². The van der Waals surface area contributed by atoms with E-state index in [2.05, 4.69) is 15.2 Å². The van der Waals surface area contributed by atoms with Crippen LogP contribution in [0.3, 0.4) is 0 Å². The number of nitrogens with one attached hydrogen (secondary N) is 1. The number of carbonyl (C=O) groups is 1. The number of hydrogen-bond acceptors (Lipinski definition) is 6. The molecule has 2 aromatic rings. The molecule has 2 fully saturated rings. The van der Waals surface area contributed by atoms with Gasteiger partial charge in [-0.15, -0.1) is 11.3 Å². The zero-order valence-corrected chi connectivity index (χ0v) is 15.2. The first-order chi connectivity index (χ1) is 12.1. The molecular weight excluding hydrogens is 338 g/mol. The first kappa shape index (κ1) is 16.8. The van der Waals surface area contributed by atoms with E-state index in [0.29, 0.717) is 25.5 Å². The lowest BCUT2D eigenvalue weighted by Gasteiger charge is -2.40. The molecule has 0 saturated carbocycles. The summed E-state index contributed by atoms with van der Waals surface area (Å²) in [7, 11) is 0. The molecule has 2 saturated heterocycles. The van der Waals surface area contributed by atoms with Gasteiger partial charge in [-0.25, -0.2) is 4.98 Å². The zero-order valence-electron chi connectivity index (χ0n) is 14.4. The number of likely N-dealkylation sites (tertiary alicyclic amines) is 1. The van der Waals surface area contributed by atoms with Gasteiger partial charge in [0.05, 0.1) is 29.2 Å². The number of aromatic nitrogens is 1. The van der Waals surface area contributed by atoms with E-state index < -0.39 is 0 Å². The quantitative estimate of drug-likeness (QED) is 0.910. The van der Waals surface area contributed by atoms with Crippen molar-refractivity contribution in [3.63, 3.8) is 0 Å². The lowest BCUT2D eigenvalue weighted by molar-refractivity contribution is -0.128. The van der Waals surface area contributed by atoms with Crippen molar-refractivity contribution in [2.45, 2.75) is 38.3 Å². The normalized spacial score (nSPS) is 21.2. The minimum atomic E-state index is -0.280. The maximum Gasteiger partial charge on any atom is 0.236 e. The van der Waals surface area contributed by atoms with Gasteiger partial charge in [0.2, 0.25) is 11.8 Å². The summed E-state index contributed by atoms with van der Waals surface area (Å²) in [4.78, 5) is 20.0. The third kappa shape index (κ3) is 3.63. The van der Waals surface area contributed by atoms with Gasteiger partial charge in [-0.2, -0.15) is 0 Å². The highest BCUT2D eigenvalue weighted by atomic mass is 32.1. The van der Waals surface area contributed by atoms with Crippen molar-refractivity contribution in [2.24, 2.45) is 0 Å². The fraction of sp³-hybridized carbons (Fsp3) is 0.556. The topological polar surface area (TPSA) is 67.6 Å². The van der Waals surface area contributed by atoms with Crippen LogP contribution < -0.4 is 5.32 Å². The number of ether oxygens (including phenoxy) is 1. The van der Waals surface area contributed by atoms with Gasteiger partial charge in [0.15, 0.2) is 0 Å². The van der Waals surface area contributed by atoms with E-state index in [1.165, 1.54) is 0 Å². The number of aryl methyl sites for hydroxylation is 1. The highest BCUT2D eigenvalue weighted by molar-refractivity contribution is 7.13. The Balaban J connectivity index is 1.40. The fourth-order valence-electron chi connectivity index (χ4n) is 3.60. The first-order valence-corrected chi connectivity index (χ1v) is 9.65. The molecule has 0 unspecified atom stereocenters. The number of hydrogen-bond donors (Lipinski definition) is 1. The molecular formula is C18H23N3O3S. The third-order valence-electron chi connectivity index (χ3n) is 5.08.